The van der Waals surface area contributed by atoms with Gasteiger partial charge in [0.2, 0.25) is 11.0 Å². The second kappa shape index (κ2) is 10.3. The number of nitrogens with one attached hydrogen (secondary N) is 1. The van der Waals surface area contributed by atoms with Crippen LogP contribution >= 0.6 is 23.1 Å². The van der Waals surface area contributed by atoms with Crippen molar-refractivity contribution in [1.29, 1.82) is 0 Å². The van der Waals surface area contributed by atoms with Gasteiger partial charge in [-0.1, -0.05) is 35.2 Å². The van der Waals surface area contributed by atoms with Crippen LogP contribution in [0.25, 0.3) is 0 Å². The molecule has 30 heavy (non-hydrogen) atoms. The van der Waals surface area contributed by atoms with E-state index in [4.69, 9.17) is 4.74 Å². The quantitative estimate of drug-likeness (QED) is 0.502. The second-order valence-electron chi connectivity index (χ2n) is 7.36. The molecular weight excluding hydrogens is 420 g/mol. The van der Waals surface area contributed by atoms with E-state index in [-0.39, 0.29) is 23.0 Å². The lowest BCUT2D eigenvalue weighted by molar-refractivity contribution is -0.151. The lowest BCUT2D eigenvalue weighted by atomic mass is 9.97. The molecule has 1 atom stereocenters. The lowest BCUT2D eigenvalue weighted by Crippen LogP contribution is -2.43. The number of amides is 1. The topological polar surface area (TPSA) is 84.4 Å². The molecule has 1 aromatic carbocycles. The van der Waals surface area contributed by atoms with Crippen LogP contribution in [-0.2, 0) is 14.3 Å². The van der Waals surface area contributed by atoms with Gasteiger partial charge in [0, 0.05) is 18.8 Å². The average molecular weight is 449 g/mol. The molecule has 0 spiro atoms. The molecule has 0 radical (unpaired) electrons. The first-order chi connectivity index (χ1) is 14.4. The van der Waals surface area contributed by atoms with E-state index in [1.54, 1.807) is 0 Å². The third-order valence-corrected chi connectivity index (χ3v) is 7.32. The van der Waals surface area contributed by atoms with Crippen LogP contribution in [-0.4, -0.2) is 51.9 Å². The van der Waals surface area contributed by atoms with Crippen LogP contribution in [0.1, 0.15) is 37.8 Å². The Morgan fingerprint density at radius 2 is 2.03 bits per heavy atom. The van der Waals surface area contributed by atoms with Gasteiger partial charge in [-0.05, 0) is 57.7 Å². The van der Waals surface area contributed by atoms with Crippen molar-refractivity contribution >= 4 is 45.8 Å². The van der Waals surface area contributed by atoms with Gasteiger partial charge in [-0.2, -0.15) is 0 Å². The van der Waals surface area contributed by atoms with Crippen molar-refractivity contribution in [2.24, 2.45) is 5.92 Å². The fraction of sp³-hybridized carbons (Fsp3) is 0.524. The number of anilines is 2. The number of rotatable bonds is 7. The fourth-order valence-corrected chi connectivity index (χ4v) is 5.36. The van der Waals surface area contributed by atoms with Crippen molar-refractivity contribution < 1.29 is 14.3 Å². The number of likely N-dealkylation sites (tertiary alicyclic amines) is 1. The molecule has 2 aromatic rings. The highest BCUT2D eigenvalue weighted by molar-refractivity contribution is 8.02. The molecule has 1 aliphatic heterocycles. The summed E-state index contributed by atoms with van der Waals surface area (Å²) in [5, 5.41) is 12.2. The molecule has 7 nitrogen and oxygen atoms in total. The number of ether oxygens (including phenoxy) is 1. The number of carbonyl (C=O) groups excluding carboxylic acids is 2. The van der Waals surface area contributed by atoms with Crippen LogP contribution in [0.2, 0.25) is 0 Å². The Labute approximate surface area is 185 Å². The predicted octanol–water partition coefficient (Wildman–Crippen LogP) is 4.18. The molecule has 3 rings (SSSR count). The summed E-state index contributed by atoms with van der Waals surface area (Å²) in [6, 6.07) is 6.10. The molecule has 0 bridgehead atoms. The molecule has 1 saturated heterocycles. The van der Waals surface area contributed by atoms with Gasteiger partial charge < -0.3 is 15.0 Å². The maximum atomic E-state index is 12.8. The minimum Gasteiger partial charge on any atom is -0.466 e. The number of thioether (sulfide) groups is 1. The minimum absolute atomic E-state index is 0.0709. The molecule has 1 aromatic heterocycles. The van der Waals surface area contributed by atoms with Gasteiger partial charge in [0.25, 0.3) is 0 Å². The molecule has 1 unspecified atom stereocenters. The molecular formula is C21H28N4O3S2. The summed E-state index contributed by atoms with van der Waals surface area (Å²) in [4.78, 5) is 26.5. The van der Waals surface area contributed by atoms with Gasteiger partial charge in [-0.15, -0.1) is 10.2 Å². The Morgan fingerprint density at radius 1 is 1.30 bits per heavy atom. The van der Waals surface area contributed by atoms with Gasteiger partial charge in [0.05, 0.1) is 17.8 Å². The molecule has 0 saturated carbocycles. The third-order valence-electron chi connectivity index (χ3n) is 5.30. The summed E-state index contributed by atoms with van der Waals surface area (Å²) in [7, 11) is 0. The number of aromatic nitrogens is 2. The van der Waals surface area contributed by atoms with E-state index < -0.39 is 0 Å². The number of esters is 1. The van der Waals surface area contributed by atoms with Crippen molar-refractivity contribution in [2.75, 3.05) is 25.0 Å². The lowest BCUT2D eigenvalue weighted by Gasteiger charge is -2.32. The standard InChI is InChI=1S/C21H28N4O3S2/c1-5-28-19(27)16-9-11-25(12-10-16)18(26)15(4)29-21-24-23-20(30-21)22-17-8-6-7-13(2)14(17)3/h6-8,15-16H,5,9-12H2,1-4H3,(H,22,23). The van der Waals surface area contributed by atoms with Crippen LogP contribution < -0.4 is 5.32 Å². The largest absolute Gasteiger partial charge is 0.466 e. The maximum absolute atomic E-state index is 12.8. The number of piperidine rings is 1. The number of carbonyl (C=O) groups is 2. The number of hydrogen-bond acceptors (Lipinski definition) is 8. The van der Waals surface area contributed by atoms with Crippen molar-refractivity contribution in [3.05, 3.63) is 29.3 Å². The smallest absolute Gasteiger partial charge is 0.309 e. The van der Waals surface area contributed by atoms with E-state index >= 15 is 0 Å². The van der Waals surface area contributed by atoms with Gasteiger partial charge >= 0.3 is 5.97 Å². The first-order valence-electron chi connectivity index (χ1n) is 10.2. The SMILES string of the molecule is CCOC(=O)C1CCN(C(=O)C(C)Sc2nnc(Nc3cccc(C)c3C)s2)CC1. The van der Waals surface area contributed by atoms with Crippen LogP contribution in [0.4, 0.5) is 10.8 Å². The first kappa shape index (κ1) is 22.6. The summed E-state index contributed by atoms with van der Waals surface area (Å²) in [6.45, 7) is 9.42. The van der Waals surface area contributed by atoms with Gasteiger partial charge in [-0.3, -0.25) is 9.59 Å². The van der Waals surface area contributed by atoms with E-state index in [1.165, 1.54) is 34.2 Å². The molecule has 2 heterocycles. The number of hydrogen-bond donors (Lipinski definition) is 1. The Kier molecular flexibility index (Phi) is 7.71. The Bertz CT molecular complexity index is 894. The van der Waals surface area contributed by atoms with Crippen molar-refractivity contribution in [3.63, 3.8) is 0 Å². The zero-order valence-corrected chi connectivity index (χ0v) is 19.4. The summed E-state index contributed by atoms with van der Waals surface area (Å²) in [5.41, 5.74) is 3.40. The molecule has 1 N–H and O–H groups in total. The maximum Gasteiger partial charge on any atom is 0.309 e. The van der Waals surface area contributed by atoms with Crippen LogP contribution in [0.15, 0.2) is 22.5 Å². The van der Waals surface area contributed by atoms with Crippen molar-refractivity contribution in [2.45, 2.75) is 50.1 Å². The Balaban J connectivity index is 1.53. The average Bonchev–Trinajstić information content (AvgIpc) is 3.18. The normalized spacial score (nSPS) is 15.7. The molecule has 1 amide bonds. The molecule has 9 heteroatoms. The van der Waals surface area contributed by atoms with Crippen LogP contribution in [0.3, 0.4) is 0 Å². The predicted molar refractivity (Wildman–Crippen MR) is 120 cm³/mol. The molecule has 0 aliphatic carbocycles. The summed E-state index contributed by atoms with van der Waals surface area (Å²) >= 11 is 2.86. The Morgan fingerprint density at radius 3 is 2.73 bits per heavy atom. The minimum atomic E-state index is -0.259. The highest BCUT2D eigenvalue weighted by Gasteiger charge is 2.30. The zero-order valence-electron chi connectivity index (χ0n) is 17.8. The number of aryl methyl sites for hydroxylation is 1. The summed E-state index contributed by atoms with van der Waals surface area (Å²) in [6.07, 6.45) is 1.31. The van der Waals surface area contributed by atoms with Crippen LogP contribution in [0.5, 0.6) is 0 Å². The number of nitrogens with zero attached hydrogens (tertiary/aromatic N) is 3. The second-order valence-corrected chi connectivity index (χ2v) is 9.92. The first-order valence-corrected chi connectivity index (χ1v) is 11.9. The van der Waals surface area contributed by atoms with E-state index in [0.29, 0.717) is 37.7 Å². The van der Waals surface area contributed by atoms with Gasteiger partial charge in [0.15, 0.2) is 4.34 Å². The zero-order chi connectivity index (χ0) is 21.7. The van der Waals surface area contributed by atoms with Gasteiger partial charge in [-0.25, -0.2) is 0 Å². The van der Waals surface area contributed by atoms with E-state index in [2.05, 4.69) is 35.4 Å². The molecule has 162 valence electrons. The van der Waals surface area contributed by atoms with Crippen molar-refractivity contribution in [1.82, 2.24) is 15.1 Å². The fourth-order valence-electron chi connectivity index (χ4n) is 3.36. The molecule has 1 aliphatic rings. The highest BCUT2D eigenvalue weighted by atomic mass is 32.2. The monoisotopic (exact) mass is 448 g/mol. The summed E-state index contributed by atoms with van der Waals surface area (Å²) in [5.74, 6) is -0.176. The highest BCUT2D eigenvalue weighted by Crippen LogP contribution is 2.32. The van der Waals surface area contributed by atoms with E-state index in [9.17, 15) is 9.59 Å². The Hall–Kier alpha value is -2.13. The van der Waals surface area contributed by atoms with E-state index in [1.807, 2.05) is 30.9 Å². The number of benzene rings is 1. The third kappa shape index (κ3) is 5.51. The summed E-state index contributed by atoms with van der Waals surface area (Å²) < 4.78 is 5.85. The van der Waals surface area contributed by atoms with Crippen LogP contribution in [0, 0.1) is 19.8 Å². The van der Waals surface area contributed by atoms with E-state index in [0.717, 1.165) is 10.0 Å². The molecule has 1 fully saturated rings. The van der Waals surface area contributed by atoms with Gasteiger partial charge in [0.1, 0.15) is 0 Å². The van der Waals surface area contributed by atoms with Crippen molar-refractivity contribution in [3.8, 4) is 0 Å².